The summed E-state index contributed by atoms with van der Waals surface area (Å²) in [5, 5.41) is 3.61. The average molecular weight is 241 g/mol. The van der Waals surface area contributed by atoms with Crippen LogP contribution in [0.3, 0.4) is 0 Å². The molecule has 3 nitrogen and oxygen atoms in total. The van der Waals surface area contributed by atoms with Crippen LogP contribution in [0, 0.1) is 6.92 Å². The summed E-state index contributed by atoms with van der Waals surface area (Å²) in [5.74, 6) is 1.04. The van der Waals surface area contributed by atoms with E-state index in [1.54, 1.807) is 0 Å². The van der Waals surface area contributed by atoms with Crippen molar-refractivity contribution in [1.29, 1.82) is 0 Å². The van der Waals surface area contributed by atoms with E-state index in [1.807, 2.05) is 12.3 Å². The standard InChI is InChI=1S/C15H19N3/c1-12-16-10-14(11-17-15(2)8-9-15)18(12)13-6-4-3-5-7-13/h3-7,10,17H,8-9,11H2,1-2H3. The van der Waals surface area contributed by atoms with Gasteiger partial charge in [0.15, 0.2) is 0 Å². The molecule has 1 aromatic carbocycles. The molecule has 1 aliphatic rings. The van der Waals surface area contributed by atoms with Gasteiger partial charge in [-0.25, -0.2) is 4.98 Å². The molecule has 1 aliphatic carbocycles. The minimum absolute atomic E-state index is 0.361. The van der Waals surface area contributed by atoms with Gasteiger partial charge in [0.1, 0.15) is 5.82 Å². The van der Waals surface area contributed by atoms with Crippen LogP contribution in [0.4, 0.5) is 0 Å². The largest absolute Gasteiger partial charge is 0.306 e. The first-order valence-corrected chi connectivity index (χ1v) is 6.52. The van der Waals surface area contributed by atoms with Crippen LogP contribution >= 0.6 is 0 Å². The lowest BCUT2D eigenvalue weighted by atomic mass is 10.3. The lowest BCUT2D eigenvalue weighted by Gasteiger charge is -2.14. The minimum Gasteiger partial charge on any atom is -0.306 e. The van der Waals surface area contributed by atoms with Crippen molar-refractivity contribution in [2.45, 2.75) is 38.8 Å². The van der Waals surface area contributed by atoms with Crippen LogP contribution in [-0.2, 0) is 6.54 Å². The Balaban J connectivity index is 1.87. The van der Waals surface area contributed by atoms with E-state index in [2.05, 4.69) is 53.0 Å². The molecule has 0 bridgehead atoms. The van der Waals surface area contributed by atoms with Crippen molar-refractivity contribution < 1.29 is 0 Å². The van der Waals surface area contributed by atoms with Crippen molar-refractivity contribution in [3.63, 3.8) is 0 Å². The van der Waals surface area contributed by atoms with Gasteiger partial charge in [-0.2, -0.15) is 0 Å². The third kappa shape index (κ3) is 2.18. The van der Waals surface area contributed by atoms with Crippen LogP contribution in [-0.4, -0.2) is 15.1 Å². The molecular formula is C15H19N3. The summed E-state index contributed by atoms with van der Waals surface area (Å²) in [6.07, 6.45) is 4.54. The Labute approximate surface area is 108 Å². The van der Waals surface area contributed by atoms with Gasteiger partial charge in [0.25, 0.3) is 0 Å². The number of nitrogens with one attached hydrogen (secondary N) is 1. The number of rotatable bonds is 4. The quantitative estimate of drug-likeness (QED) is 0.892. The number of imidazole rings is 1. The van der Waals surface area contributed by atoms with E-state index < -0.39 is 0 Å². The molecule has 1 N–H and O–H groups in total. The summed E-state index contributed by atoms with van der Waals surface area (Å²) in [4.78, 5) is 4.44. The first-order valence-electron chi connectivity index (χ1n) is 6.52. The maximum absolute atomic E-state index is 4.44. The summed E-state index contributed by atoms with van der Waals surface area (Å²) in [6, 6.07) is 10.4. The second-order valence-corrected chi connectivity index (χ2v) is 5.38. The molecular weight excluding hydrogens is 222 g/mol. The monoisotopic (exact) mass is 241 g/mol. The number of hydrogen-bond donors (Lipinski definition) is 1. The molecule has 0 unspecified atom stereocenters. The predicted octanol–water partition coefficient (Wildman–Crippen LogP) is 2.82. The van der Waals surface area contributed by atoms with Crippen molar-refractivity contribution in [3.8, 4) is 5.69 Å². The van der Waals surface area contributed by atoms with Gasteiger partial charge in [0.05, 0.1) is 11.9 Å². The van der Waals surface area contributed by atoms with E-state index in [4.69, 9.17) is 0 Å². The van der Waals surface area contributed by atoms with Gasteiger partial charge in [0, 0.05) is 17.8 Å². The molecule has 0 amide bonds. The number of nitrogens with zero attached hydrogens (tertiary/aromatic N) is 2. The van der Waals surface area contributed by atoms with Crippen molar-refractivity contribution in [3.05, 3.63) is 48.0 Å². The van der Waals surface area contributed by atoms with Gasteiger partial charge in [-0.1, -0.05) is 18.2 Å². The number of benzene rings is 1. The van der Waals surface area contributed by atoms with Crippen molar-refractivity contribution in [2.24, 2.45) is 0 Å². The van der Waals surface area contributed by atoms with Gasteiger partial charge in [-0.15, -0.1) is 0 Å². The Bertz CT molecular complexity index is 538. The Morgan fingerprint density at radius 1 is 1.28 bits per heavy atom. The fourth-order valence-electron chi connectivity index (χ4n) is 2.21. The number of aromatic nitrogens is 2. The van der Waals surface area contributed by atoms with Crippen LogP contribution in [0.2, 0.25) is 0 Å². The van der Waals surface area contributed by atoms with Gasteiger partial charge in [0.2, 0.25) is 0 Å². The molecule has 0 saturated heterocycles. The fourth-order valence-corrected chi connectivity index (χ4v) is 2.21. The van der Waals surface area contributed by atoms with Gasteiger partial charge in [-0.05, 0) is 38.8 Å². The Kier molecular flexibility index (Phi) is 2.71. The van der Waals surface area contributed by atoms with Crippen LogP contribution < -0.4 is 5.32 Å². The predicted molar refractivity (Wildman–Crippen MR) is 72.8 cm³/mol. The lowest BCUT2D eigenvalue weighted by Crippen LogP contribution is -2.28. The third-order valence-electron chi connectivity index (χ3n) is 3.72. The third-order valence-corrected chi connectivity index (χ3v) is 3.72. The first-order chi connectivity index (χ1) is 8.68. The van der Waals surface area contributed by atoms with Gasteiger partial charge >= 0.3 is 0 Å². The highest BCUT2D eigenvalue weighted by Crippen LogP contribution is 2.34. The molecule has 0 atom stereocenters. The van der Waals surface area contributed by atoms with Crippen molar-refractivity contribution in [1.82, 2.24) is 14.9 Å². The maximum atomic E-state index is 4.44. The molecule has 2 aromatic rings. The molecule has 1 aromatic heterocycles. The summed E-state index contributed by atoms with van der Waals surface area (Å²) in [5.41, 5.74) is 2.77. The minimum atomic E-state index is 0.361. The lowest BCUT2D eigenvalue weighted by molar-refractivity contribution is 0.528. The normalized spacial score (nSPS) is 16.8. The van der Waals surface area contributed by atoms with Crippen LogP contribution in [0.15, 0.2) is 36.5 Å². The Hall–Kier alpha value is -1.61. The zero-order valence-electron chi connectivity index (χ0n) is 11.0. The van der Waals surface area contributed by atoms with Crippen LogP contribution in [0.5, 0.6) is 0 Å². The Morgan fingerprint density at radius 3 is 2.67 bits per heavy atom. The molecule has 3 rings (SSSR count). The zero-order valence-corrected chi connectivity index (χ0v) is 11.0. The molecule has 18 heavy (non-hydrogen) atoms. The molecule has 1 heterocycles. The highest BCUT2D eigenvalue weighted by atomic mass is 15.1. The van der Waals surface area contributed by atoms with E-state index in [-0.39, 0.29) is 0 Å². The van der Waals surface area contributed by atoms with E-state index in [1.165, 1.54) is 24.2 Å². The SMILES string of the molecule is Cc1ncc(CNC2(C)CC2)n1-c1ccccc1. The molecule has 0 aliphatic heterocycles. The van der Waals surface area contributed by atoms with Crippen molar-refractivity contribution >= 4 is 0 Å². The average Bonchev–Trinajstić information content (AvgIpc) is 3.00. The zero-order chi connectivity index (χ0) is 12.6. The summed E-state index contributed by atoms with van der Waals surface area (Å²) in [7, 11) is 0. The smallest absolute Gasteiger partial charge is 0.110 e. The van der Waals surface area contributed by atoms with Gasteiger partial charge in [-0.3, -0.25) is 4.57 Å². The van der Waals surface area contributed by atoms with Crippen molar-refractivity contribution in [2.75, 3.05) is 0 Å². The van der Waals surface area contributed by atoms with Crippen LogP contribution in [0.1, 0.15) is 31.3 Å². The Morgan fingerprint density at radius 2 is 2.00 bits per heavy atom. The van der Waals surface area contributed by atoms with E-state index >= 15 is 0 Å². The number of hydrogen-bond acceptors (Lipinski definition) is 2. The topological polar surface area (TPSA) is 29.9 Å². The summed E-state index contributed by atoms with van der Waals surface area (Å²) < 4.78 is 2.22. The number of para-hydroxylation sites is 1. The molecule has 0 radical (unpaired) electrons. The molecule has 1 fully saturated rings. The second-order valence-electron chi connectivity index (χ2n) is 5.38. The summed E-state index contributed by atoms with van der Waals surface area (Å²) >= 11 is 0. The van der Waals surface area contributed by atoms with E-state index in [0.29, 0.717) is 5.54 Å². The van der Waals surface area contributed by atoms with E-state index in [0.717, 1.165) is 12.4 Å². The first kappa shape index (κ1) is 11.5. The fraction of sp³-hybridized carbons (Fsp3) is 0.400. The second kappa shape index (κ2) is 4.25. The van der Waals surface area contributed by atoms with Crippen LogP contribution in [0.25, 0.3) is 5.69 Å². The molecule has 3 heteroatoms. The molecule has 94 valence electrons. The molecule has 0 spiro atoms. The van der Waals surface area contributed by atoms with E-state index in [9.17, 15) is 0 Å². The number of aryl methyl sites for hydroxylation is 1. The highest BCUT2D eigenvalue weighted by molar-refractivity contribution is 5.35. The summed E-state index contributed by atoms with van der Waals surface area (Å²) in [6.45, 7) is 5.21. The highest BCUT2D eigenvalue weighted by Gasteiger charge is 2.36. The van der Waals surface area contributed by atoms with Gasteiger partial charge < -0.3 is 5.32 Å². The maximum Gasteiger partial charge on any atom is 0.110 e. The molecule has 1 saturated carbocycles.